The van der Waals surface area contributed by atoms with E-state index in [0.717, 1.165) is 19.6 Å². The van der Waals surface area contributed by atoms with Crippen LogP contribution in [0.2, 0.25) is 10.0 Å². The zero-order valence-electron chi connectivity index (χ0n) is 10.1. The lowest BCUT2D eigenvalue weighted by atomic mass is 10.3. The van der Waals surface area contributed by atoms with E-state index in [9.17, 15) is 4.79 Å². The number of anilines is 1. The molecule has 1 aliphatic rings. The van der Waals surface area contributed by atoms with Gasteiger partial charge in [0.25, 0.3) is 0 Å². The molecule has 1 amide bonds. The van der Waals surface area contributed by atoms with Gasteiger partial charge in [-0.25, -0.2) is 0 Å². The zero-order chi connectivity index (χ0) is 13.0. The van der Waals surface area contributed by atoms with Gasteiger partial charge in [-0.2, -0.15) is 0 Å². The van der Waals surface area contributed by atoms with Crippen LogP contribution in [0.1, 0.15) is 19.3 Å². The van der Waals surface area contributed by atoms with Crippen molar-refractivity contribution < 1.29 is 4.79 Å². The molecule has 2 rings (SSSR count). The Kier molecular flexibility index (Phi) is 4.87. The first-order valence-corrected chi connectivity index (χ1v) is 6.88. The van der Waals surface area contributed by atoms with E-state index in [4.69, 9.17) is 23.2 Å². The fraction of sp³-hybridized carbons (Fsp3) is 0.462. The third kappa shape index (κ3) is 3.61. The molecule has 0 radical (unpaired) electrons. The molecule has 0 bridgehead atoms. The van der Waals surface area contributed by atoms with Crippen LogP contribution in [-0.2, 0) is 4.79 Å². The Morgan fingerprint density at radius 1 is 1.28 bits per heavy atom. The summed E-state index contributed by atoms with van der Waals surface area (Å²) >= 11 is 11.9. The van der Waals surface area contributed by atoms with Gasteiger partial charge in [0.2, 0.25) is 5.91 Å². The first kappa shape index (κ1) is 13.7. The molecule has 1 aromatic carbocycles. The summed E-state index contributed by atoms with van der Waals surface area (Å²) in [7, 11) is 0. The Balaban J connectivity index is 1.84. The van der Waals surface area contributed by atoms with Gasteiger partial charge >= 0.3 is 0 Å². The largest absolute Gasteiger partial charge is 0.325 e. The predicted molar refractivity (Wildman–Crippen MR) is 75.4 cm³/mol. The summed E-state index contributed by atoms with van der Waals surface area (Å²) in [5.41, 5.74) is 0.579. The number of amides is 1. The van der Waals surface area contributed by atoms with E-state index in [-0.39, 0.29) is 5.91 Å². The summed E-state index contributed by atoms with van der Waals surface area (Å²) in [5, 5.41) is 3.64. The number of carbonyl (C=O) groups excluding carboxylic acids is 1. The van der Waals surface area contributed by atoms with Gasteiger partial charge in [0.05, 0.1) is 15.7 Å². The van der Waals surface area contributed by atoms with Crippen molar-refractivity contribution in [2.45, 2.75) is 19.3 Å². The van der Waals surface area contributed by atoms with Gasteiger partial charge in [-0.3, -0.25) is 4.79 Å². The summed E-state index contributed by atoms with van der Waals surface area (Å²) in [4.78, 5) is 14.1. The van der Waals surface area contributed by atoms with Gasteiger partial charge in [-0.15, -0.1) is 0 Å². The van der Waals surface area contributed by atoms with E-state index < -0.39 is 0 Å². The molecule has 1 N–H and O–H groups in total. The maximum atomic E-state index is 11.8. The molecule has 0 atom stereocenters. The van der Waals surface area contributed by atoms with E-state index in [1.165, 1.54) is 12.8 Å². The maximum Gasteiger partial charge on any atom is 0.225 e. The van der Waals surface area contributed by atoms with Crippen molar-refractivity contribution in [3.63, 3.8) is 0 Å². The molecule has 1 aromatic rings. The number of carbonyl (C=O) groups is 1. The average Bonchev–Trinajstić information content (AvgIpc) is 2.86. The molecular formula is C13H16Cl2N2O. The molecule has 3 nitrogen and oxygen atoms in total. The summed E-state index contributed by atoms with van der Waals surface area (Å²) in [6.45, 7) is 3.01. The van der Waals surface area contributed by atoms with Gasteiger partial charge in [0.1, 0.15) is 0 Å². The van der Waals surface area contributed by atoms with E-state index >= 15 is 0 Å². The van der Waals surface area contributed by atoms with Crippen molar-refractivity contribution in [3.05, 3.63) is 28.2 Å². The Labute approximate surface area is 117 Å². The number of halogens is 2. The van der Waals surface area contributed by atoms with Crippen molar-refractivity contribution in [2.24, 2.45) is 0 Å². The smallest absolute Gasteiger partial charge is 0.225 e. The van der Waals surface area contributed by atoms with Crippen molar-refractivity contribution in [3.8, 4) is 0 Å². The van der Waals surface area contributed by atoms with Crippen LogP contribution in [0.3, 0.4) is 0 Å². The van der Waals surface area contributed by atoms with Crippen molar-refractivity contribution in [1.29, 1.82) is 0 Å². The van der Waals surface area contributed by atoms with E-state index in [1.807, 2.05) is 0 Å². The number of hydrogen-bond acceptors (Lipinski definition) is 2. The Morgan fingerprint density at radius 2 is 2.00 bits per heavy atom. The molecule has 5 heteroatoms. The first-order chi connectivity index (χ1) is 8.66. The van der Waals surface area contributed by atoms with E-state index in [2.05, 4.69) is 10.2 Å². The summed E-state index contributed by atoms with van der Waals surface area (Å²) < 4.78 is 0. The van der Waals surface area contributed by atoms with Crippen molar-refractivity contribution in [1.82, 2.24) is 4.90 Å². The number of hydrogen-bond donors (Lipinski definition) is 1. The second-order valence-electron chi connectivity index (χ2n) is 4.45. The molecule has 0 saturated carbocycles. The van der Waals surface area contributed by atoms with Crippen LogP contribution >= 0.6 is 23.2 Å². The SMILES string of the molecule is O=C(CCN1CCCC1)Nc1cccc(Cl)c1Cl. The molecule has 0 aliphatic carbocycles. The number of rotatable bonds is 4. The van der Waals surface area contributed by atoms with Crippen LogP contribution in [0.15, 0.2) is 18.2 Å². The molecular weight excluding hydrogens is 271 g/mol. The molecule has 18 heavy (non-hydrogen) atoms. The van der Waals surface area contributed by atoms with Crippen LogP contribution in [0.4, 0.5) is 5.69 Å². The number of benzene rings is 1. The highest BCUT2D eigenvalue weighted by molar-refractivity contribution is 6.43. The minimum Gasteiger partial charge on any atom is -0.325 e. The fourth-order valence-corrected chi connectivity index (χ4v) is 2.43. The molecule has 0 spiro atoms. The fourth-order valence-electron chi connectivity index (χ4n) is 2.08. The van der Waals surface area contributed by atoms with Crippen LogP contribution in [0, 0.1) is 0 Å². The quantitative estimate of drug-likeness (QED) is 0.920. The monoisotopic (exact) mass is 286 g/mol. The topological polar surface area (TPSA) is 32.3 Å². The van der Waals surface area contributed by atoms with Crippen LogP contribution < -0.4 is 5.32 Å². The Morgan fingerprint density at radius 3 is 2.72 bits per heavy atom. The minimum absolute atomic E-state index is 0.0222. The highest BCUT2D eigenvalue weighted by atomic mass is 35.5. The predicted octanol–water partition coefficient (Wildman–Crippen LogP) is 3.42. The second-order valence-corrected chi connectivity index (χ2v) is 5.23. The van der Waals surface area contributed by atoms with Gasteiger partial charge < -0.3 is 10.2 Å². The summed E-state index contributed by atoms with van der Waals surface area (Å²) in [6, 6.07) is 5.22. The molecule has 98 valence electrons. The maximum absolute atomic E-state index is 11.8. The van der Waals surface area contributed by atoms with Gasteiger partial charge in [0.15, 0.2) is 0 Å². The van der Waals surface area contributed by atoms with Crippen LogP contribution in [0.5, 0.6) is 0 Å². The normalized spacial score (nSPS) is 15.9. The van der Waals surface area contributed by atoms with Crippen molar-refractivity contribution >= 4 is 34.8 Å². The zero-order valence-corrected chi connectivity index (χ0v) is 11.6. The second kappa shape index (κ2) is 6.41. The Bertz CT molecular complexity index is 431. The molecule has 1 aliphatic heterocycles. The third-order valence-corrected chi connectivity index (χ3v) is 3.90. The number of nitrogens with one attached hydrogen (secondary N) is 1. The molecule has 1 saturated heterocycles. The average molecular weight is 287 g/mol. The molecule has 1 heterocycles. The summed E-state index contributed by atoms with van der Waals surface area (Å²) in [5.74, 6) is -0.0222. The lowest BCUT2D eigenvalue weighted by Crippen LogP contribution is -2.25. The number of nitrogens with zero attached hydrogens (tertiary/aromatic N) is 1. The highest BCUT2D eigenvalue weighted by Crippen LogP contribution is 2.29. The molecule has 1 fully saturated rings. The highest BCUT2D eigenvalue weighted by Gasteiger charge is 2.13. The van der Waals surface area contributed by atoms with Gasteiger partial charge in [0, 0.05) is 13.0 Å². The lowest BCUT2D eigenvalue weighted by Gasteiger charge is -2.14. The van der Waals surface area contributed by atoms with Gasteiger partial charge in [-0.1, -0.05) is 29.3 Å². The number of likely N-dealkylation sites (tertiary alicyclic amines) is 1. The lowest BCUT2D eigenvalue weighted by molar-refractivity contribution is -0.116. The third-order valence-electron chi connectivity index (χ3n) is 3.08. The van der Waals surface area contributed by atoms with Crippen molar-refractivity contribution in [2.75, 3.05) is 25.0 Å². The van der Waals surface area contributed by atoms with E-state index in [1.54, 1.807) is 18.2 Å². The standard InChI is InChI=1S/C13H16Cl2N2O/c14-10-4-3-5-11(13(10)15)16-12(18)6-9-17-7-1-2-8-17/h3-5H,1-2,6-9H2,(H,16,18). The van der Waals surface area contributed by atoms with E-state index in [0.29, 0.717) is 22.2 Å². The summed E-state index contributed by atoms with van der Waals surface area (Å²) in [6.07, 6.45) is 2.96. The first-order valence-electron chi connectivity index (χ1n) is 6.13. The molecule has 0 unspecified atom stereocenters. The van der Waals surface area contributed by atoms with Crippen LogP contribution in [0.25, 0.3) is 0 Å². The minimum atomic E-state index is -0.0222. The Hall–Kier alpha value is -0.770. The molecule has 0 aromatic heterocycles. The van der Waals surface area contributed by atoms with Crippen LogP contribution in [-0.4, -0.2) is 30.4 Å². The van der Waals surface area contributed by atoms with Gasteiger partial charge in [-0.05, 0) is 38.1 Å².